The molecule has 1 aromatic carbocycles. The van der Waals surface area contributed by atoms with Crippen molar-refractivity contribution in [3.8, 4) is 11.1 Å². The second-order valence-corrected chi connectivity index (χ2v) is 8.05. The van der Waals surface area contributed by atoms with Crippen molar-refractivity contribution in [2.24, 2.45) is 0 Å². The Kier molecular flexibility index (Phi) is 6.28. The maximum Gasteiger partial charge on any atom is 0.272 e. The number of hydrogen-bond donors (Lipinski definition) is 0. The van der Waals surface area contributed by atoms with E-state index in [-0.39, 0.29) is 25.0 Å². The highest BCUT2D eigenvalue weighted by molar-refractivity contribution is 5.94. The highest BCUT2D eigenvalue weighted by atomic mass is 16.5. The van der Waals surface area contributed by atoms with Crippen molar-refractivity contribution in [1.82, 2.24) is 19.8 Å². The van der Waals surface area contributed by atoms with Crippen molar-refractivity contribution in [2.75, 3.05) is 33.8 Å². The first kappa shape index (κ1) is 21.6. The van der Waals surface area contributed by atoms with E-state index in [2.05, 4.69) is 9.97 Å². The normalized spacial score (nSPS) is 18.2. The maximum atomic E-state index is 13.4. The topological polar surface area (TPSA) is 75.6 Å². The molecule has 0 spiro atoms. The number of ether oxygens (including phenoxy) is 1. The first-order chi connectivity index (χ1) is 15.5. The number of carbonyl (C=O) groups excluding carboxylic acids is 2. The number of hydrogen-bond acceptors (Lipinski definition) is 5. The van der Waals surface area contributed by atoms with Crippen LogP contribution < -0.4 is 0 Å². The van der Waals surface area contributed by atoms with E-state index in [1.54, 1.807) is 55.8 Å². The molecule has 2 aromatic heterocycles. The molecule has 4 rings (SSSR count). The first-order valence-corrected chi connectivity index (χ1v) is 10.5. The van der Waals surface area contributed by atoms with Gasteiger partial charge in [-0.05, 0) is 41.0 Å². The average Bonchev–Trinajstić information content (AvgIpc) is 2.84. The molecule has 3 aromatic rings. The van der Waals surface area contributed by atoms with Crippen LogP contribution in [0, 0.1) is 0 Å². The molecule has 0 bridgehead atoms. The summed E-state index contributed by atoms with van der Waals surface area (Å²) >= 11 is 0. The lowest BCUT2D eigenvalue weighted by Gasteiger charge is -2.43. The average molecular weight is 431 g/mol. The summed E-state index contributed by atoms with van der Waals surface area (Å²) in [5.74, 6) is -0.368. The lowest BCUT2D eigenvalue weighted by molar-refractivity contribution is -0.165. The summed E-state index contributed by atoms with van der Waals surface area (Å²) in [6, 6.07) is 17.1. The fourth-order valence-electron chi connectivity index (χ4n) is 4.12. The smallest absolute Gasteiger partial charge is 0.272 e. The third-order valence-corrected chi connectivity index (χ3v) is 5.64. The third kappa shape index (κ3) is 4.38. The first-order valence-electron chi connectivity index (χ1n) is 10.5. The van der Waals surface area contributed by atoms with Crippen LogP contribution in [-0.2, 0) is 16.0 Å². The highest BCUT2D eigenvalue weighted by Crippen LogP contribution is 2.31. The number of pyridine rings is 2. The quantitative estimate of drug-likeness (QED) is 0.622. The van der Waals surface area contributed by atoms with E-state index >= 15 is 0 Å². The molecule has 32 heavy (non-hydrogen) atoms. The van der Waals surface area contributed by atoms with E-state index in [4.69, 9.17) is 4.74 Å². The molecule has 1 saturated heterocycles. The van der Waals surface area contributed by atoms with Gasteiger partial charge in [-0.1, -0.05) is 30.3 Å². The molecule has 0 saturated carbocycles. The van der Waals surface area contributed by atoms with Gasteiger partial charge in [0.25, 0.3) is 11.8 Å². The zero-order chi connectivity index (χ0) is 22.6. The van der Waals surface area contributed by atoms with Crippen LogP contribution in [0.5, 0.6) is 0 Å². The van der Waals surface area contributed by atoms with Crippen LogP contribution in [0.1, 0.15) is 16.1 Å². The second-order valence-electron chi connectivity index (χ2n) is 8.05. The summed E-state index contributed by atoms with van der Waals surface area (Å²) in [4.78, 5) is 38.0. The van der Waals surface area contributed by atoms with Gasteiger partial charge in [-0.25, -0.2) is 0 Å². The number of nitrogens with zero attached hydrogens (tertiary/aromatic N) is 4. The van der Waals surface area contributed by atoms with E-state index in [0.29, 0.717) is 18.7 Å². The lowest BCUT2D eigenvalue weighted by Crippen LogP contribution is -2.61. The molecular weight excluding hydrogens is 404 g/mol. The van der Waals surface area contributed by atoms with Gasteiger partial charge in [0.2, 0.25) is 0 Å². The molecule has 7 heteroatoms. The molecule has 7 nitrogen and oxygen atoms in total. The van der Waals surface area contributed by atoms with Crippen LogP contribution in [0.3, 0.4) is 0 Å². The summed E-state index contributed by atoms with van der Waals surface area (Å²) in [5, 5.41) is 0. The number of morpholine rings is 1. The van der Waals surface area contributed by atoms with Gasteiger partial charge >= 0.3 is 0 Å². The number of aromatic nitrogens is 2. The van der Waals surface area contributed by atoms with Crippen LogP contribution >= 0.6 is 0 Å². The minimum Gasteiger partial charge on any atom is -0.361 e. The summed E-state index contributed by atoms with van der Waals surface area (Å²) in [6.45, 7) is 0.837. The number of benzene rings is 1. The molecule has 1 aliphatic heterocycles. The molecule has 1 aliphatic rings. The minimum atomic E-state index is -1.19. The van der Waals surface area contributed by atoms with Crippen LogP contribution in [0.25, 0.3) is 11.1 Å². The zero-order valence-electron chi connectivity index (χ0n) is 18.3. The molecule has 1 atom stereocenters. The van der Waals surface area contributed by atoms with Gasteiger partial charge in [0, 0.05) is 45.7 Å². The molecule has 0 N–H and O–H groups in total. The van der Waals surface area contributed by atoms with E-state index in [1.165, 1.54) is 4.90 Å². The Morgan fingerprint density at radius 3 is 2.50 bits per heavy atom. The Morgan fingerprint density at radius 1 is 1.03 bits per heavy atom. The zero-order valence-corrected chi connectivity index (χ0v) is 18.3. The summed E-state index contributed by atoms with van der Waals surface area (Å²) in [7, 11) is 3.42. The standard InChI is InChI=1S/C25H26N4O3/c1-28(2)24(31)25(17-20-7-3-4-8-21(20)19-10-13-26-14-11-19)18-29(15-16-32-25)23(30)22-9-5-6-12-27-22/h3-14H,15-18H2,1-2H3. The Morgan fingerprint density at radius 2 is 1.78 bits per heavy atom. The van der Waals surface area contributed by atoms with Gasteiger partial charge < -0.3 is 14.5 Å². The summed E-state index contributed by atoms with van der Waals surface area (Å²) in [5.41, 5.74) is 2.17. The molecule has 0 radical (unpaired) electrons. The van der Waals surface area contributed by atoms with E-state index in [9.17, 15) is 9.59 Å². The third-order valence-electron chi connectivity index (χ3n) is 5.64. The van der Waals surface area contributed by atoms with Gasteiger partial charge in [-0.3, -0.25) is 19.6 Å². The number of amides is 2. The van der Waals surface area contributed by atoms with Crippen molar-refractivity contribution in [1.29, 1.82) is 0 Å². The van der Waals surface area contributed by atoms with Crippen molar-refractivity contribution in [3.63, 3.8) is 0 Å². The summed E-state index contributed by atoms with van der Waals surface area (Å²) in [6.07, 6.45) is 5.43. The lowest BCUT2D eigenvalue weighted by atomic mass is 9.87. The Hall–Kier alpha value is -3.58. The fourth-order valence-corrected chi connectivity index (χ4v) is 4.12. The number of rotatable bonds is 5. The van der Waals surface area contributed by atoms with Crippen molar-refractivity contribution >= 4 is 11.8 Å². The van der Waals surface area contributed by atoms with E-state index < -0.39 is 5.60 Å². The van der Waals surface area contributed by atoms with Gasteiger partial charge in [-0.2, -0.15) is 0 Å². The SMILES string of the molecule is CN(C)C(=O)C1(Cc2ccccc2-c2ccncc2)CN(C(=O)c2ccccn2)CCO1. The van der Waals surface area contributed by atoms with Crippen molar-refractivity contribution < 1.29 is 14.3 Å². The molecule has 3 heterocycles. The van der Waals surface area contributed by atoms with Crippen LogP contribution in [0.4, 0.5) is 0 Å². The monoisotopic (exact) mass is 430 g/mol. The molecule has 1 fully saturated rings. The van der Waals surface area contributed by atoms with Gasteiger partial charge in [0.1, 0.15) is 5.69 Å². The second kappa shape index (κ2) is 9.28. The van der Waals surface area contributed by atoms with Gasteiger partial charge in [0.05, 0.1) is 13.2 Å². The number of carbonyl (C=O) groups is 2. The largest absolute Gasteiger partial charge is 0.361 e. The highest BCUT2D eigenvalue weighted by Gasteiger charge is 2.46. The van der Waals surface area contributed by atoms with Crippen LogP contribution in [-0.4, -0.2) is 71.0 Å². The molecule has 0 aliphatic carbocycles. The molecule has 1 unspecified atom stereocenters. The molecular formula is C25H26N4O3. The van der Waals surface area contributed by atoms with Crippen molar-refractivity contribution in [3.05, 3.63) is 84.4 Å². The Balaban J connectivity index is 1.70. The Labute approximate surface area is 187 Å². The van der Waals surface area contributed by atoms with Crippen LogP contribution in [0.15, 0.2) is 73.2 Å². The maximum absolute atomic E-state index is 13.4. The van der Waals surface area contributed by atoms with Crippen molar-refractivity contribution in [2.45, 2.75) is 12.0 Å². The minimum absolute atomic E-state index is 0.157. The summed E-state index contributed by atoms with van der Waals surface area (Å²) < 4.78 is 6.18. The van der Waals surface area contributed by atoms with Gasteiger partial charge in [0.15, 0.2) is 5.60 Å². The predicted octanol–water partition coefficient (Wildman–Crippen LogP) is 2.69. The van der Waals surface area contributed by atoms with Gasteiger partial charge in [-0.15, -0.1) is 0 Å². The van der Waals surface area contributed by atoms with E-state index in [1.807, 2.05) is 36.4 Å². The Bertz CT molecular complexity index is 1090. The fraction of sp³-hybridized carbons (Fsp3) is 0.280. The predicted molar refractivity (Wildman–Crippen MR) is 121 cm³/mol. The molecule has 2 amide bonds. The van der Waals surface area contributed by atoms with E-state index in [0.717, 1.165) is 16.7 Å². The molecule has 164 valence electrons. The number of likely N-dealkylation sites (N-methyl/N-ethyl adjacent to an activating group) is 1. The van der Waals surface area contributed by atoms with Crippen LogP contribution in [0.2, 0.25) is 0 Å².